The molecule has 0 bridgehead atoms. The number of hydrogen-bond donors (Lipinski definition) is 2. The molecule has 0 saturated carbocycles. The van der Waals surface area contributed by atoms with Crippen molar-refractivity contribution in [1.29, 1.82) is 0 Å². The Kier molecular flexibility index (Phi) is 8.62. The molecule has 7 heteroatoms. The second kappa shape index (κ2) is 11.8. The molecule has 2 N–H and O–H groups in total. The topological polar surface area (TPSA) is 93.7 Å². The highest BCUT2D eigenvalue weighted by atomic mass is 16.5. The van der Waals surface area contributed by atoms with Crippen molar-refractivity contribution in [3.63, 3.8) is 0 Å². The molecule has 0 saturated heterocycles. The van der Waals surface area contributed by atoms with Gasteiger partial charge in [0, 0.05) is 17.8 Å². The van der Waals surface area contributed by atoms with Gasteiger partial charge in [-0.1, -0.05) is 18.2 Å². The number of aryl methyl sites for hydroxylation is 4. The normalized spacial score (nSPS) is 10.4. The Labute approximate surface area is 205 Å². The second-order valence-electron chi connectivity index (χ2n) is 8.53. The number of anilines is 2. The van der Waals surface area contributed by atoms with Gasteiger partial charge in [-0.25, -0.2) is 0 Å². The van der Waals surface area contributed by atoms with E-state index in [-0.39, 0.29) is 18.7 Å². The van der Waals surface area contributed by atoms with Crippen molar-refractivity contribution < 1.29 is 23.9 Å². The fourth-order valence-corrected chi connectivity index (χ4v) is 3.45. The van der Waals surface area contributed by atoms with Crippen LogP contribution in [0.3, 0.4) is 0 Å². The maximum Gasteiger partial charge on any atom is 0.306 e. The predicted molar refractivity (Wildman–Crippen MR) is 136 cm³/mol. The van der Waals surface area contributed by atoms with Crippen LogP contribution in [0.5, 0.6) is 11.5 Å². The molecule has 3 aromatic carbocycles. The van der Waals surface area contributed by atoms with Gasteiger partial charge in [-0.2, -0.15) is 0 Å². The van der Waals surface area contributed by atoms with E-state index < -0.39 is 18.5 Å². The molecular weight excluding hydrogens is 444 g/mol. The van der Waals surface area contributed by atoms with Crippen LogP contribution in [0.1, 0.15) is 35.1 Å². The molecule has 0 aromatic heterocycles. The first-order chi connectivity index (χ1) is 16.7. The number of carbonyl (C=O) groups excluding carboxylic acids is 3. The van der Waals surface area contributed by atoms with Crippen LogP contribution in [-0.2, 0) is 19.1 Å². The number of benzene rings is 3. The minimum atomic E-state index is -0.617. The molecular formula is C28H30N2O5. The van der Waals surface area contributed by atoms with Crippen molar-refractivity contribution in [2.24, 2.45) is 0 Å². The van der Waals surface area contributed by atoms with Gasteiger partial charge in [0.05, 0.1) is 6.42 Å². The van der Waals surface area contributed by atoms with E-state index in [9.17, 15) is 14.4 Å². The lowest BCUT2D eigenvalue weighted by atomic mass is 10.1. The van der Waals surface area contributed by atoms with Crippen molar-refractivity contribution in [2.75, 3.05) is 17.2 Å². The summed E-state index contributed by atoms with van der Waals surface area (Å²) in [6, 6.07) is 18.7. The van der Waals surface area contributed by atoms with E-state index in [1.165, 1.54) is 0 Å². The van der Waals surface area contributed by atoms with Gasteiger partial charge in [0.15, 0.2) is 6.61 Å². The Morgan fingerprint density at radius 1 is 0.686 bits per heavy atom. The quantitative estimate of drug-likeness (QED) is 0.393. The van der Waals surface area contributed by atoms with Gasteiger partial charge in [-0.3, -0.25) is 14.4 Å². The van der Waals surface area contributed by atoms with Gasteiger partial charge >= 0.3 is 5.97 Å². The monoisotopic (exact) mass is 474 g/mol. The molecule has 0 spiro atoms. The van der Waals surface area contributed by atoms with E-state index in [4.69, 9.17) is 9.47 Å². The minimum absolute atomic E-state index is 0.0573. The van der Waals surface area contributed by atoms with Crippen LogP contribution < -0.4 is 15.4 Å². The molecule has 0 atom stereocenters. The third-order valence-corrected chi connectivity index (χ3v) is 5.16. The third kappa shape index (κ3) is 8.30. The van der Waals surface area contributed by atoms with Crippen molar-refractivity contribution in [3.05, 3.63) is 82.9 Å². The lowest BCUT2D eigenvalue weighted by Crippen LogP contribution is -2.22. The van der Waals surface area contributed by atoms with Crippen molar-refractivity contribution >= 4 is 29.2 Å². The average Bonchev–Trinajstić information content (AvgIpc) is 2.79. The van der Waals surface area contributed by atoms with Gasteiger partial charge in [0.1, 0.15) is 11.5 Å². The lowest BCUT2D eigenvalue weighted by molar-refractivity contribution is -0.147. The number of nitrogens with one attached hydrogen (secondary N) is 2. The predicted octanol–water partition coefficient (Wildman–Crippen LogP) is 5.61. The van der Waals surface area contributed by atoms with Crippen molar-refractivity contribution in [3.8, 4) is 11.5 Å². The van der Waals surface area contributed by atoms with Crippen LogP contribution in [-0.4, -0.2) is 24.4 Å². The van der Waals surface area contributed by atoms with E-state index in [0.29, 0.717) is 17.1 Å². The number of hydrogen-bond acceptors (Lipinski definition) is 5. The Morgan fingerprint density at radius 2 is 1.37 bits per heavy atom. The van der Waals surface area contributed by atoms with E-state index in [1.54, 1.807) is 24.3 Å². The summed E-state index contributed by atoms with van der Waals surface area (Å²) in [5.41, 5.74) is 5.42. The molecule has 0 radical (unpaired) electrons. The summed E-state index contributed by atoms with van der Waals surface area (Å²) in [6.07, 6.45) is -0.186. The number of rotatable bonds is 9. The van der Waals surface area contributed by atoms with Crippen LogP contribution in [0.25, 0.3) is 0 Å². The zero-order valence-corrected chi connectivity index (χ0v) is 20.4. The van der Waals surface area contributed by atoms with E-state index >= 15 is 0 Å². The summed E-state index contributed by atoms with van der Waals surface area (Å²) in [4.78, 5) is 36.2. The number of esters is 1. The molecule has 2 amide bonds. The standard InChI is InChI=1S/C28H30N2O5/c1-18-5-6-21(4)25(16-18)30-27(32)17-34-28(33)12-11-26(31)29-22-7-9-23(10-8-22)35-24-14-19(2)13-20(3)15-24/h5-10,13-16H,11-12,17H2,1-4H3,(H,29,31)(H,30,32). The van der Waals surface area contributed by atoms with Crippen molar-refractivity contribution in [1.82, 2.24) is 0 Å². The third-order valence-electron chi connectivity index (χ3n) is 5.16. The number of amides is 2. The maximum absolute atomic E-state index is 12.2. The lowest BCUT2D eigenvalue weighted by Gasteiger charge is -2.10. The average molecular weight is 475 g/mol. The maximum atomic E-state index is 12.2. The molecule has 7 nitrogen and oxygen atoms in total. The van der Waals surface area contributed by atoms with E-state index in [2.05, 4.69) is 16.7 Å². The van der Waals surface area contributed by atoms with Gasteiger partial charge in [-0.15, -0.1) is 0 Å². The summed E-state index contributed by atoms with van der Waals surface area (Å²) < 4.78 is 10.9. The SMILES string of the molecule is Cc1cc(C)cc(Oc2ccc(NC(=O)CCC(=O)OCC(=O)Nc3cc(C)ccc3C)cc2)c1. The highest BCUT2D eigenvalue weighted by Crippen LogP contribution is 2.25. The fraction of sp³-hybridized carbons (Fsp3) is 0.250. The largest absolute Gasteiger partial charge is 0.457 e. The summed E-state index contributed by atoms with van der Waals surface area (Å²) in [5.74, 6) is 0.0223. The molecule has 0 heterocycles. The fourth-order valence-electron chi connectivity index (χ4n) is 3.45. The smallest absolute Gasteiger partial charge is 0.306 e. The molecule has 0 aliphatic carbocycles. The zero-order chi connectivity index (χ0) is 25.4. The Bertz CT molecular complexity index is 1200. The Morgan fingerprint density at radius 3 is 2.06 bits per heavy atom. The van der Waals surface area contributed by atoms with Gasteiger partial charge < -0.3 is 20.1 Å². The Balaban J connectivity index is 1.39. The molecule has 182 valence electrons. The highest BCUT2D eigenvalue weighted by Gasteiger charge is 2.12. The number of ether oxygens (including phenoxy) is 2. The minimum Gasteiger partial charge on any atom is -0.457 e. The first kappa shape index (κ1) is 25.5. The van der Waals surface area contributed by atoms with Crippen LogP contribution in [0.15, 0.2) is 60.7 Å². The summed E-state index contributed by atoms with van der Waals surface area (Å²) in [7, 11) is 0. The first-order valence-electron chi connectivity index (χ1n) is 11.4. The molecule has 3 rings (SSSR count). The van der Waals surface area contributed by atoms with Gasteiger partial charge in [0.25, 0.3) is 5.91 Å². The first-order valence-corrected chi connectivity index (χ1v) is 11.4. The molecule has 0 aliphatic rings. The van der Waals surface area contributed by atoms with Crippen LogP contribution in [0, 0.1) is 27.7 Å². The molecule has 0 unspecified atom stereocenters. The highest BCUT2D eigenvalue weighted by molar-refractivity contribution is 5.95. The van der Waals surface area contributed by atoms with Crippen molar-refractivity contribution in [2.45, 2.75) is 40.5 Å². The van der Waals surface area contributed by atoms with Crippen LogP contribution in [0.2, 0.25) is 0 Å². The summed E-state index contributed by atoms with van der Waals surface area (Å²) in [5, 5.41) is 5.46. The second-order valence-corrected chi connectivity index (χ2v) is 8.53. The van der Waals surface area contributed by atoms with Crippen LogP contribution >= 0.6 is 0 Å². The van der Waals surface area contributed by atoms with Gasteiger partial charge in [0.2, 0.25) is 5.91 Å². The van der Waals surface area contributed by atoms with E-state index in [0.717, 1.165) is 28.0 Å². The Hall–Kier alpha value is -4.13. The molecule has 3 aromatic rings. The van der Waals surface area contributed by atoms with E-state index in [1.807, 2.05) is 58.0 Å². The van der Waals surface area contributed by atoms with Gasteiger partial charge in [-0.05, 0) is 92.4 Å². The van der Waals surface area contributed by atoms with Crippen LogP contribution in [0.4, 0.5) is 11.4 Å². The number of carbonyl (C=O) groups is 3. The summed E-state index contributed by atoms with van der Waals surface area (Å²) >= 11 is 0. The molecule has 35 heavy (non-hydrogen) atoms. The molecule has 0 aliphatic heterocycles. The zero-order valence-electron chi connectivity index (χ0n) is 20.4. The molecule has 0 fully saturated rings. The summed E-state index contributed by atoms with van der Waals surface area (Å²) in [6.45, 7) is 7.42.